The van der Waals surface area contributed by atoms with Crippen molar-refractivity contribution in [3.05, 3.63) is 64.6 Å². The van der Waals surface area contributed by atoms with Crippen LogP contribution < -0.4 is 5.43 Å². The number of carboxylic acids is 1. The SMILES string of the molecule is O=C(O)c1nn(-c2ccccn2)c2[nH]c3ccccc3c(=O)c12. The first-order valence-electron chi connectivity index (χ1n) is 6.85. The molecule has 0 atom stereocenters. The van der Waals surface area contributed by atoms with Gasteiger partial charge in [-0.1, -0.05) is 18.2 Å². The molecule has 112 valence electrons. The number of hydrogen-bond acceptors (Lipinski definition) is 4. The summed E-state index contributed by atoms with van der Waals surface area (Å²) >= 11 is 0. The maximum Gasteiger partial charge on any atom is 0.357 e. The highest BCUT2D eigenvalue weighted by molar-refractivity contribution is 6.03. The fraction of sp³-hybridized carbons (Fsp3) is 0. The fourth-order valence-electron chi connectivity index (χ4n) is 2.60. The molecule has 0 unspecified atom stereocenters. The third-order valence-corrected chi connectivity index (χ3v) is 3.61. The van der Waals surface area contributed by atoms with Crippen molar-refractivity contribution in [1.29, 1.82) is 0 Å². The summed E-state index contributed by atoms with van der Waals surface area (Å²) in [4.78, 5) is 31.5. The first-order chi connectivity index (χ1) is 11.2. The summed E-state index contributed by atoms with van der Waals surface area (Å²) in [5.41, 5.74) is 0.260. The Labute approximate surface area is 128 Å². The lowest BCUT2D eigenvalue weighted by Crippen LogP contribution is -2.08. The van der Waals surface area contributed by atoms with E-state index in [-0.39, 0.29) is 16.5 Å². The van der Waals surface area contributed by atoms with Crippen LogP contribution in [-0.2, 0) is 0 Å². The predicted octanol–water partition coefficient (Wildman–Crippen LogP) is 1.96. The fourth-order valence-corrected chi connectivity index (χ4v) is 2.60. The van der Waals surface area contributed by atoms with Gasteiger partial charge in [0.15, 0.2) is 11.5 Å². The van der Waals surface area contributed by atoms with Crippen LogP contribution in [0.1, 0.15) is 10.5 Å². The zero-order chi connectivity index (χ0) is 16.0. The molecule has 0 aliphatic carbocycles. The van der Waals surface area contributed by atoms with Gasteiger partial charge in [0.25, 0.3) is 0 Å². The first-order valence-corrected chi connectivity index (χ1v) is 6.85. The van der Waals surface area contributed by atoms with Gasteiger partial charge in [0.1, 0.15) is 11.0 Å². The molecule has 4 aromatic rings. The van der Waals surface area contributed by atoms with Crippen LogP contribution in [0.15, 0.2) is 53.5 Å². The number of fused-ring (bicyclic) bond motifs is 2. The van der Waals surface area contributed by atoms with Gasteiger partial charge < -0.3 is 10.1 Å². The molecular formula is C16H10N4O3. The quantitative estimate of drug-likeness (QED) is 0.589. The molecule has 0 fully saturated rings. The minimum Gasteiger partial charge on any atom is -0.476 e. The van der Waals surface area contributed by atoms with Crippen LogP contribution in [0.25, 0.3) is 27.8 Å². The number of aromatic carboxylic acids is 1. The molecule has 0 saturated carbocycles. The second kappa shape index (κ2) is 4.77. The van der Waals surface area contributed by atoms with E-state index in [4.69, 9.17) is 0 Å². The summed E-state index contributed by atoms with van der Waals surface area (Å²) in [6.07, 6.45) is 1.57. The molecule has 0 bridgehead atoms. The van der Waals surface area contributed by atoms with E-state index in [0.717, 1.165) is 0 Å². The van der Waals surface area contributed by atoms with E-state index in [0.29, 0.717) is 22.4 Å². The number of aromatic amines is 1. The maximum absolute atomic E-state index is 12.7. The highest BCUT2D eigenvalue weighted by Crippen LogP contribution is 2.20. The number of H-pyrrole nitrogens is 1. The van der Waals surface area contributed by atoms with Crippen molar-refractivity contribution in [1.82, 2.24) is 19.7 Å². The van der Waals surface area contributed by atoms with E-state index in [1.165, 1.54) is 4.68 Å². The Morgan fingerprint density at radius 3 is 2.65 bits per heavy atom. The van der Waals surface area contributed by atoms with Crippen molar-refractivity contribution < 1.29 is 9.90 Å². The molecule has 0 aliphatic rings. The largest absolute Gasteiger partial charge is 0.476 e. The van der Waals surface area contributed by atoms with Crippen molar-refractivity contribution in [3.8, 4) is 5.82 Å². The normalized spacial score (nSPS) is 11.1. The number of nitrogens with zero attached hydrogens (tertiary/aromatic N) is 3. The number of aromatic nitrogens is 4. The molecule has 0 amide bonds. The zero-order valence-electron chi connectivity index (χ0n) is 11.7. The second-order valence-electron chi connectivity index (χ2n) is 4.98. The van der Waals surface area contributed by atoms with Crippen LogP contribution in [0.2, 0.25) is 0 Å². The van der Waals surface area contributed by atoms with Crippen molar-refractivity contribution in [2.75, 3.05) is 0 Å². The predicted molar refractivity (Wildman–Crippen MR) is 84.0 cm³/mol. The minimum absolute atomic E-state index is 0.0434. The number of carboxylic acid groups (broad SMARTS) is 1. The summed E-state index contributed by atoms with van der Waals surface area (Å²) in [5, 5.41) is 13.9. The molecule has 4 rings (SSSR count). The molecular weight excluding hydrogens is 296 g/mol. The Morgan fingerprint density at radius 1 is 1.13 bits per heavy atom. The number of rotatable bonds is 2. The van der Waals surface area contributed by atoms with Crippen LogP contribution in [0.3, 0.4) is 0 Å². The van der Waals surface area contributed by atoms with Crippen LogP contribution in [0.4, 0.5) is 0 Å². The molecule has 7 nitrogen and oxygen atoms in total. The van der Waals surface area contributed by atoms with Gasteiger partial charge in [-0.15, -0.1) is 0 Å². The number of pyridine rings is 2. The Kier molecular flexibility index (Phi) is 2.74. The molecule has 0 radical (unpaired) electrons. The van der Waals surface area contributed by atoms with E-state index in [2.05, 4.69) is 15.1 Å². The molecule has 23 heavy (non-hydrogen) atoms. The molecule has 3 heterocycles. The molecule has 0 spiro atoms. The summed E-state index contributed by atoms with van der Waals surface area (Å²) in [5.74, 6) is -0.832. The minimum atomic E-state index is -1.26. The van der Waals surface area contributed by atoms with E-state index >= 15 is 0 Å². The molecule has 0 aliphatic heterocycles. The number of benzene rings is 1. The maximum atomic E-state index is 12.7. The van der Waals surface area contributed by atoms with Gasteiger partial charge in [0.05, 0.1) is 5.52 Å². The van der Waals surface area contributed by atoms with Crippen LogP contribution in [-0.4, -0.2) is 30.8 Å². The summed E-state index contributed by atoms with van der Waals surface area (Å²) in [6.45, 7) is 0. The van der Waals surface area contributed by atoms with Gasteiger partial charge >= 0.3 is 5.97 Å². The molecule has 2 N–H and O–H groups in total. The van der Waals surface area contributed by atoms with Crippen molar-refractivity contribution in [3.63, 3.8) is 0 Å². The van der Waals surface area contributed by atoms with Gasteiger partial charge in [-0.05, 0) is 24.3 Å². The number of carbonyl (C=O) groups is 1. The van der Waals surface area contributed by atoms with Gasteiger partial charge in [0, 0.05) is 11.6 Å². The van der Waals surface area contributed by atoms with Crippen molar-refractivity contribution in [2.45, 2.75) is 0 Å². The van der Waals surface area contributed by atoms with E-state index < -0.39 is 5.97 Å². The Bertz CT molecular complexity index is 1110. The highest BCUT2D eigenvalue weighted by Gasteiger charge is 2.22. The van der Waals surface area contributed by atoms with Crippen LogP contribution in [0.5, 0.6) is 0 Å². The zero-order valence-corrected chi connectivity index (χ0v) is 11.7. The van der Waals surface area contributed by atoms with Gasteiger partial charge in [-0.25, -0.2) is 9.78 Å². The number of hydrogen-bond donors (Lipinski definition) is 2. The van der Waals surface area contributed by atoms with Gasteiger partial charge in [-0.3, -0.25) is 4.79 Å². The lowest BCUT2D eigenvalue weighted by Gasteiger charge is -2.03. The highest BCUT2D eigenvalue weighted by atomic mass is 16.4. The lowest BCUT2D eigenvalue weighted by molar-refractivity contribution is 0.0692. The lowest BCUT2D eigenvalue weighted by atomic mass is 10.1. The molecule has 0 saturated heterocycles. The third kappa shape index (κ3) is 1.90. The van der Waals surface area contributed by atoms with E-state index in [1.807, 2.05) is 0 Å². The van der Waals surface area contributed by atoms with Crippen LogP contribution >= 0.6 is 0 Å². The first kappa shape index (κ1) is 13.2. The topological polar surface area (TPSA) is 101 Å². The van der Waals surface area contributed by atoms with E-state index in [1.54, 1.807) is 48.7 Å². The monoisotopic (exact) mass is 306 g/mol. The summed E-state index contributed by atoms with van der Waals surface area (Å²) in [6, 6.07) is 12.1. The van der Waals surface area contributed by atoms with E-state index in [9.17, 15) is 14.7 Å². The molecule has 1 aromatic carbocycles. The van der Waals surface area contributed by atoms with Gasteiger partial charge in [0.2, 0.25) is 5.43 Å². The smallest absolute Gasteiger partial charge is 0.357 e. The molecule has 7 heteroatoms. The third-order valence-electron chi connectivity index (χ3n) is 3.61. The standard InChI is InChI=1S/C16H10N4O3/c21-14-9-5-1-2-6-10(9)18-15-12(14)13(16(22)23)19-20(15)11-7-3-4-8-17-11/h1-8H,(H,18,21)(H,22,23). The van der Waals surface area contributed by atoms with Crippen LogP contribution in [0, 0.1) is 0 Å². The van der Waals surface area contributed by atoms with Crippen molar-refractivity contribution >= 4 is 27.9 Å². The van der Waals surface area contributed by atoms with Crippen molar-refractivity contribution in [2.24, 2.45) is 0 Å². The Morgan fingerprint density at radius 2 is 1.91 bits per heavy atom. The average molecular weight is 306 g/mol. The number of para-hydroxylation sites is 1. The van der Waals surface area contributed by atoms with Gasteiger partial charge in [-0.2, -0.15) is 9.78 Å². The second-order valence-corrected chi connectivity index (χ2v) is 4.98. The molecule has 3 aromatic heterocycles. The Balaban J connectivity index is 2.21. The summed E-state index contributed by atoms with van der Waals surface area (Å²) in [7, 11) is 0. The Hall–Kier alpha value is -3.48. The number of nitrogens with one attached hydrogen (secondary N) is 1. The summed E-state index contributed by atoms with van der Waals surface area (Å²) < 4.78 is 1.34. The average Bonchev–Trinajstić information content (AvgIpc) is 2.96.